The SMILES string of the molecule is Cl.Cl.O=C(NCC1CCCN1Cc1ccccc1)C1CSCN1. The van der Waals surface area contributed by atoms with Crippen LogP contribution in [0.15, 0.2) is 30.3 Å². The van der Waals surface area contributed by atoms with Gasteiger partial charge in [-0.1, -0.05) is 30.3 Å². The monoisotopic (exact) mass is 377 g/mol. The number of nitrogens with zero attached hydrogens (tertiary/aromatic N) is 1. The summed E-state index contributed by atoms with van der Waals surface area (Å²) in [5.41, 5.74) is 1.35. The summed E-state index contributed by atoms with van der Waals surface area (Å²) in [5, 5.41) is 6.35. The van der Waals surface area contributed by atoms with Crippen LogP contribution in [0.3, 0.4) is 0 Å². The first-order chi connectivity index (χ1) is 10.3. The highest BCUT2D eigenvalue weighted by atomic mass is 35.5. The molecule has 0 radical (unpaired) electrons. The van der Waals surface area contributed by atoms with E-state index in [-0.39, 0.29) is 36.8 Å². The van der Waals surface area contributed by atoms with Gasteiger partial charge in [0.05, 0.1) is 6.04 Å². The van der Waals surface area contributed by atoms with Crippen molar-refractivity contribution in [2.45, 2.75) is 31.5 Å². The van der Waals surface area contributed by atoms with E-state index in [2.05, 4.69) is 45.9 Å². The zero-order valence-electron chi connectivity index (χ0n) is 13.1. The number of halogens is 2. The van der Waals surface area contributed by atoms with Gasteiger partial charge in [-0.2, -0.15) is 0 Å². The average Bonchev–Trinajstić information content (AvgIpc) is 3.18. The Morgan fingerprint density at radius 2 is 2.09 bits per heavy atom. The molecule has 1 amide bonds. The molecule has 4 nitrogen and oxygen atoms in total. The van der Waals surface area contributed by atoms with Crippen LogP contribution in [0, 0.1) is 0 Å². The molecule has 0 saturated carbocycles. The quantitative estimate of drug-likeness (QED) is 0.825. The van der Waals surface area contributed by atoms with Crippen molar-refractivity contribution >= 4 is 42.5 Å². The number of hydrogen-bond acceptors (Lipinski definition) is 4. The Balaban J connectivity index is 0.00000132. The van der Waals surface area contributed by atoms with Gasteiger partial charge < -0.3 is 5.32 Å². The Kier molecular flexibility index (Phi) is 9.32. The van der Waals surface area contributed by atoms with Crippen molar-refractivity contribution in [3.05, 3.63) is 35.9 Å². The van der Waals surface area contributed by atoms with E-state index in [1.54, 1.807) is 11.8 Å². The Bertz CT molecular complexity index is 472. The lowest BCUT2D eigenvalue weighted by Gasteiger charge is -2.25. The van der Waals surface area contributed by atoms with Crippen molar-refractivity contribution in [2.24, 2.45) is 0 Å². The van der Waals surface area contributed by atoms with E-state index in [1.807, 2.05) is 0 Å². The Labute approximate surface area is 155 Å². The average molecular weight is 378 g/mol. The summed E-state index contributed by atoms with van der Waals surface area (Å²) in [5.74, 6) is 1.94. The zero-order chi connectivity index (χ0) is 14.5. The normalized spacial score (nSPS) is 23.8. The van der Waals surface area contributed by atoms with Crippen molar-refractivity contribution < 1.29 is 4.79 Å². The predicted molar refractivity (Wildman–Crippen MR) is 102 cm³/mol. The lowest BCUT2D eigenvalue weighted by Crippen LogP contribution is -2.46. The number of likely N-dealkylation sites (tertiary alicyclic amines) is 1. The molecular formula is C16H25Cl2N3OS. The standard InChI is InChI=1S/C16H23N3OS.2ClH/c20-16(15-11-21-12-18-15)17-9-14-7-4-8-19(14)10-13-5-2-1-3-6-13;;/h1-3,5-6,14-15,18H,4,7-12H2,(H,17,20);2*1H. The molecule has 2 unspecified atom stereocenters. The number of benzene rings is 1. The first-order valence-corrected chi connectivity index (χ1v) is 8.85. The first-order valence-electron chi connectivity index (χ1n) is 7.70. The molecule has 2 atom stereocenters. The molecule has 0 spiro atoms. The topological polar surface area (TPSA) is 44.4 Å². The van der Waals surface area contributed by atoms with Crippen molar-refractivity contribution in [3.8, 4) is 0 Å². The second-order valence-corrected chi connectivity index (χ2v) is 6.80. The number of amides is 1. The summed E-state index contributed by atoms with van der Waals surface area (Å²) >= 11 is 1.79. The van der Waals surface area contributed by atoms with E-state index in [9.17, 15) is 4.79 Å². The molecule has 0 aliphatic carbocycles. The van der Waals surface area contributed by atoms with E-state index in [4.69, 9.17) is 0 Å². The van der Waals surface area contributed by atoms with Gasteiger partial charge in [0.2, 0.25) is 5.91 Å². The van der Waals surface area contributed by atoms with Crippen molar-refractivity contribution in [3.63, 3.8) is 0 Å². The Morgan fingerprint density at radius 1 is 1.30 bits per heavy atom. The molecule has 2 heterocycles. The smallest absolute Gasteiger partial charge is 0.238 e. The molecular weight excluding hydrogens is 353 g/mol. The van der Waals surface area contributed by atoms with Gasteiger partial charge in [-0.25, -0.2) is 0 Å². The first kappa shape index (κ1) is 20.6. The van der Waals surface area contributed by atoms with Crippen molar-refractivity contribution in [1.82, 2.24) is 15.5 Å². The zero-order valence-corrected chi connectivity index (χ0v) is 15.5. The van der Waals surface area contributed by atoms with Gasteiger partial charge in [0.1, 0.15) is 0 Å². The summed E-state index contributed by atoms with van der Waals surface area (Å²) in [7, 11) is 0. The highest BCUT2D eigenvalue weighted by molar-refractivity contribution is 7.99. The van der Waals surface area contributed by atoms with E-state index in [0.29, 0.717) is 6.04 Å². The van der Waals surface area contributed by atoms with E-state index in [0.717, 1.165) is 31.3 Å². The number of carbonyl (C=O) groups excluding carboxylic acids is 1. The van der Waals surface area contributed by atoms with Crippen LogP contribution in [0.1, 0.15) is 18.4 Å². The van der Waals surface area contributed by atoms with E-state index in [1.165, 1.54) is 18.4 Å². The minimum absolute atomic E-state index is 0. The third-order valence-corrected chi connectivity index (χ3v) is 5.21. The van der Waals surface area contributed by atoms with Gasteiger partial charge in [0, 0.05) is 30.8 Å². The van der Waals surface area contributed by atoms with E-state index >= 15 is 0 Å². The molecule has 23 heavy (non-hydrogen) atoms. The maximum atomic E-state index is 12.1. The number of thioether (sulfide) groups is 1. The second-order valence-electron chi connectivity index (χ2n) is 5.77. The Hall–Kier alpha value is -0.460. The molecule has 2 fully saturated rings. The minimum atomic E-state index is -0.000948. The number of nitrogens with one attached hydrogen (secondary N) is 2. The fraction of sp³-hybridized carbons (Fsp3) is 0.562. The predicted octanol–water partition coefficient (Wildman–Crippen LogP) is 2.27. The third-order valence-electron chi connectivity index (χ3n) is 4.27. The molecule has 2 N–H and O–H groups in total. The summed E-state index contributed by atoms with van der Waals surface area (Å²) < 4.78 is 0. The molecule has 2 aliphatic rings. The van der Waals surface area contributed by atoms with Crippen LogP contribution in [-0.4, -0.2) is 47.6 Å². The molecule has 2 saturated heterocycles. The largest absolute Gasteiger partial charge is 0.353 e. The molecule has 0 aromatic heterocycles. The molecule has 3 rings (SSSR count). The van der Waals surface area contributed by atoms with Crippen molar-refractivity contribution in [2.75, 3.05) is 24.7 Å². The summed E-state index contributed by atoms with van der Waals surface area (Å²) in [6.45, 7) is 2.89. The summed E-state index contributed by atoms with van der Waals surface area (Å²) in [6, 6.07) is 11.1. The maximum Gasteiger partial charge on any atom is 0.238 e. The number of rotatable bonds is 5. The minimum Gasteiger partial charge on any atom is -0.353 e. The molecule has 1 aromatic carbocycles. The van der Waals surface area contributed by atoms with Crippen LogP contribution in [0.2, 0.25) is 0 Å². The molecule has 1 aromatic rings. The van der Waals surface area contributed by atoms with Gasteiger partial charge in [0.15, 0.2) is 0 Å². The summed E-state index contributed by atoms with van der Waals surface area (Å²) in [6.07, 6.45) is 2.41. The van der Waals surface area contributed by atoms with Gasteiger partial charge in [0.25, 0.3) is 0 Å². The van der Waals surface area contributed by atoms with Crippen LogP contribution >= 0.6 is 36.6 Å². The highest BCUT2D eigenvalue weighted by Gasteiger charge is 2.27. The fourth-order valence-electron chi connectivity index (χ4n) is 3.06. The van der Waals surface area contributed by atoms with Crippen molar-refractivity contribution in [1.29, 1.82) is 0 Å². The van der Waals surface area contributed by atoms with Gasteiger partial charge in [-0.15, -0.1) is 36.6 Å². The fourth-order valence-corrected chi connectivity index (χ4v) is 4.00. The molecule has 7 heteroatoms. The second kappa shape index (κ2) is 10.4. The van der Waals surface area contributed by atoms with Crippen LogP contribution in [0.4, 0.5) is 0 Å². The van der Waals surface area contributed by atoms with Crippen LogP contribution < -0.4 is 10.6 Å². The molecule has 0 bridgehead atoms. The van der Waals surface area contributed by atoms with Gasteiger partial charge >= 0.3 is 0 Å². The van der Waals surface area contributed by atoms with E-state index < -0.39 is 0 Å². The van der Waals surface area contributed by atoms with Gasteiger partial charge in [-0.05, 0) is 24.9 Å². The number of carbonyl (C=O) groups is 1. The maximum absolute atomic E-state index is 12.1. The third kappa shape index (κ3) is 5.84. The Morgan fingerprint density at radius 3 is 2.78 bits per heavy atom. The van der Waals surface area contributed by atoms with Gasteiger partial charge in [-0.3, -0.25) is 15.0 Å². The summed E-state index contributed by atoms with van der Waals surface area (Å²) in [4.78, 5) is 14.6. The van der Waals surface area contributed by atoms with Crippen LogP contribution in [0.25, 0.3) is 0 Å². The van der Waals surface area contributed by atoms with Crippen LogP contribution in [0.5, 0.6) is 0 Å². The number of hydrogen-bond donors (Lipinski definition) is 2. The lowest BCUT2D eigenvalue weighted by molar-refractivity contribution is -0.122. The molecule has 130 valence electrons. The van der Waals surface area contributed by atoms with Crippen LogP contribution in [-0.2, 0) is 11.3 Å². The lowest BCUT2D eigenvalue weighted by atomic mass is 10.1. The highest BCUT2D eigenvalue weighted by Crippen LogP contribution is 2.19. The molecule has 2 aliphatic heterocycles.